The fraction of sp³-hybridized carbons (Fsp3) is 0.200. The maximum absolute atomic E-state index is 10.7. The van der Waals surface area contributed by atoms with Crippen LogP contribution in [0.3, 0.4) is 0 Å². The van der Waals surface area contributed by atoms with Crippen molar-refractivity contribution < 1.29 is 14.1 Å². The molecule has 2 N–H and O–H groups in total. The third-order valence-electron chi connectivity index (χ3n) is 3.12. The van der Waals surface area contributed by atoms with E-state index < -0.39 is 5.91 Å². The smallest absolute Gasteiger partial charge is 0.255 e. The van der Waals surface area contributed by atoms with Crippen LogP contribution < -0.4 is 10.5 Å². The molecule has 3 rings (SSSR count). The monoisotopic (exact) mass is 347 g/mol. The lowest BCUT2D eigenvalue weighted by molar-refractivity contribution is -0.119. The van der Waals surface area contributed by atoms with Crippen molar-refractivity contribution in [2.45, 2.75) is 13.0 Å². The Balaban J connectivity index is 1.61. The fourth-order valence-corrected chi connectivity index (χ4v) is 2.16. The highest BCUT2D eigenvalue weighted by Gasteiger charge is 2.09. The summed E-state index contributed by atoms with van der Waals surface area (Å²) >= 11 is 5.81. The Morgan fingerprint density at radius 1 is 1.33 bits per heavy atom. The van der Waals surface area contributed by atoms with Crippen LogP contribution in [0.4, 0.5) is 0 Å². The average molecular weight is 348 g/mol. The number of ether oxygens (including phenoxy) is 1. The second kappa shape index (κ2) is 7.14. The van der Waals surface area contributed by atoms with Crippen LogP contribution in [0.25, 0.3) is 11.4 Å². The Kier molecular flexibility index (Phi) is 4.76. The highest BCUT2D eigenvalue weighted by atomic mass is 35.5. The second-order valence-corrected chi connectivity index (χ2v) is 5.40. The molecule has 0 fully saturated rings. The molecule has 0 radical (unpaired) electrons. The summed E-state index contributed by atoms with van der Waals surface area (Å²) in [6.07, 6.45) is 3.84. The first-order valence-corrected chi connectivity index (χ1v) is 7.50. The summed E-state index contributed by atoms with van der Waals surface area (Å²) in [7, 11) is 0. The van der Waals surface area contributed by atoms with Gasteiger partial charge in [-0.15, -0.1) is 0 Å². The molecule has 0 saturated heterocycles. The number of primary amides is 1. The van der Waals surface area contributed by atoms with Crippen LogP contribution in [0.15, 0.2) is 41.2 Å². The van der Waals surface area contributed by atoms with Crippen molar-refractivity contribution in [1.82, 2.24) is 19.9 Å². The first kappa shape index (κ1) is 16.0. The minimum Gasteiger partial charge on any atom is -0.484 e. The number of hydrogen-bond donors (Lipinski definition) is 1. The largest absolute Gasteiger partial charge is 0.484 e. The van der Waals surface area contributed by atoms with Crippen LogP contribution in [0.1, 0.15) is 5.89 Å². The standard InChI is InChI=1S/C15H14ClN5O3/c16-11-7-18-21(8-11)6-5-14-19-15(20-24-14)10-1-3-12(4-2-10)23-9-13(17)22/h1-4,7-8H,5-6,9H2,(H2,17,22). The van der Waals surface area contributed by atoms with Gasteiger partial charge >= 0.3 is 0 Å². The second-order valence-electron chi connectivity index (χ2n) is 4.96. The van der Waals surface area contributed by atoms with Crippen molar-refractivity contribution in [2.24, 2.45) is 5.73 Å². The van der Waals surface area contributed by atoms with Gasteiger partial charge in [-0.25, -0.2) is 0 Å². The lowest BCUT2D eigenvalue weighted by atomic mass is 10.2. The number of aryl methyl sites for hydroxylation is 2. The number of carbonyl (C=O) groups is 1. The molecule has 124 valence electrons. The van der Waals surface area contributed by atoms with Gasteiger partial charge in [-0.3, -0.25) is 9.48 Å². The van der Waals surface area contributed by atoms with Crippen LogP contribution in [-0.2, 0) is 17.8 Å². The zero-order valence-corrected chi connectivity index (χ0v) is 13.3. The summed E-state index contributed by atoms with van der Waals surface area (Å²) in [5.41, 5.74) is 5.80. The van der Waals surface area contributed by atoms with E-state index in [0.29, 0.717) is 35.5 Å². The highest BCUT2D eigenvalue weighted by Crippen LogP contribution is 2.20. The van der Waals surface area contributed by atoms with E-state index in [9.17, 15) is 4.79 Å². The van der Waals surface area contributed by atoms with E-state index in [0.717, 1.165) is 5.56 Å². The summed E-state index contributed by atoms with van der Waals surface area (Å²) in [5, 5.41) is 8.62. The summed E-state index contributed by atoms with van der Waals surface area (Å²) in [6.45, 7) is 0.428. The molecule has 0 aliphatic rings. The van der Waals surface area contributed by atoms with Gasteiger partial charge < -0.3 is 15.0 Å². The zero-order valence-electron chi connectivity index (χ0n) is 12.6. The molecule has 3 aromatic rings. The Bertz CT molecular complexity index is 828. The molecular weight excluding hydrogens is 334 g/mol. The molecule has 0 saturated carbocycles. The van der Waals surface area contributed by atoms with E-state index in [2.05, 4.69) is 15.2 Å². The van der Waals surface area contributed by atoms with Crippen LogP contribution >= 0.6 is 11.6 Å². The van der Waals surface area contributed by atoms with Gasteiger partial charge in [-0.2, -0.15) is 10.1 Å². The van der Waals surface area contributed by atoms with Gasteiger partial charge in [-0.05, 0) is 24.3 Å². The molecule has 0 unspecified atom stereocenters. The van der Waals surface area contributed by atoms with E-state index >= 15 is 0 Å². The molecule has 2 heterocycles. The van der Waals surface area contributed by atoms with Crippen molar-refractivity contribution >= 4 is 17.5 Å². The quantitative estimate of drug-likeness (QED) is 0.696. The van der Waals surface area contributed by atoms with Crippen molar-refractivity contribution in [3.63, 3.8) is 0 Å². The average Bonchev–Trinajstić information content (AvgIpc) is 3.20. The first-order valence-electron chi connectivity index (χ1n) is 7.12. The van der Waals surface area contributed by atoms with Gasteiger partial charge in [0, 0.05) is 24.7 Å². The van der Waals surface area contributed by atoms with E-state index in [-0.39, 0.29) is 6.61 Å². The third-order valence-corrected chi connectivity index (χ3v) is 3.31. The lowest BCUT2D eigenvalue weighted by Gasteiger charge is -2.03. The van der Waals surface area contributed by atoms with Crippen molar-refractivity contribution in [2.75, 3.05) is 6.61 Å². The maximum Gasteiger partial charge on any atom is 0.255 e. The molecule has 2 aromatic heterocycles. The minimum absolute atomic E-state index is 0.164. The number of nitrogens with two attached hydrogens (primary N) is 1. The normalized spacial score (nSPS) is 10.7. The van der Waals surface area contributed by atoms with Gasteiger partial charge in [0.25, 0.3) is 5.91 Å². The summed E-state index contributed by atoms with van der Waals surface area (Å²) in [5.74, 6) is 0.993. The Labute approximate surface area is 142 Å². The molecule has 0 atom stereocenters. The van der Waals surface area contributed by atoms with Crippen LogP contribution in [0.2, 0.25) is 5.02 Å². The number of aromatic nitrogens is 4. The fourth-order valence-electron chi connectivity index (χ4n) is 2.00. The topological polar surface area (TPSA) is 109 Å². The van der Waals surface area contributed by atoms with Gasteiger partial charge in [0.15, 0.2) is 6.61 Å². The molecule has 0 aliphatic heterocycles. The molecule has 24 heavy (non-hydrogen) atoms. The van der Waals surface area contributed by atoms with Gasteiger partial charge in [0.2, 0.25) is 11.7 Å². The number of benzene rings is 1. The summed E-state index contributed by atoms with van der Waals surface area (Å²) in [6, 6.07) is 6.97. The molecule has 1 amide bonds. The van der Waals surface area contributed by atoms with Crippen molar-refractivity contribution in [3.05, 3.63) is 47.6 Å². The summed E-state index contributed by atoms with van der Waals surface area (Å²) in [4.78, 5) is 15.0. The number of carbonyl (C=O) groups excluding carboxylic acids is 1. The van der Waals surface area contributed by atoms with Gasteiger partial charge in [0.05, 0.1) is 11.2 Å². The predicted octanol–water partition coefficient (Wildman–Crippen LogP) is 1.69. The molecular formula is C15H14ClN5O3. The Morgan fingerprint density at radius 2 is 2.12 bits per heavy atom. The highest BCUT2D eigenvalue weighted by molar-refractivity contribution is 6.30. The molecule has 0 spiro atoms. The minimum atomic E-state index is -0.527. The SMILES string of the molecule is NC(=O)COc1ccc(-c2noc(CCn3cc(Cl)cn3)n2)cc1. The number of halogens is 1. The van der Waals surface area contributed by atoms with E-state index in [1.807, 2.05) is 0 Å². The first-order chi connectivity index (χ1) is 11.6. The number of nitrogens with zero attached hydrogens (tertiary/aromatic N) is 4. The number of hydrogen-bond acceptors (Lipinski definition) is 6. The zero-order chi connectivity index (χ0) is 16.9. The van der Waals surface area contributed by atoms with Gasteiger partial charge in [-0.1, -0.05) is 16.8 Å². The molecule has 1 aromatic carbocycles. The molecule has 9 heteroatoms. The maximum atomic E-state index is 10.7. The van der Waals surface area contributed by atoms with E-state index in [4.69, 9.17) is 26.6 Å². The van der Waals surface area contributed by atoms with Crippen LogP contribution in [0, 0.1) is 0 Å². The molecule has 0 bridgehead atoms. The molecule has 8 nitrogen and oxygen atoms in total. The van der Waals surface area contributed by atoms with E-state index in [1.54, 1.807) is 41.3 Å². The van der Waals surface area contributed by atoms with Crippen LogP contribution in [-0.4, -0.2) is 32.4 Å². The third kappa shape index (κ3) is 4.11. The summed E-state index contributed by atoms with van der Waals surface area (Å²) < 4.78 is 12.1. The van der Waals surface area contributed by atoms with Crippen LogP contribution in [0.5, 0.6) is 5.75 Å². The Hall–Kier alpha value is -2.87. The van der Waals surface area contributed by atoms with E-state index in [1.165, 1.54) is 0 Å². The Morgan fingerprint density at radius 3 is 2.79 bits per heavy atom. The number of amides is 1. The molecule has 0 aliphatic carbocycles. The van der Waals surface area contributed by atoms with Crippen molar-refractivity contribution in [3.8, 4) is 17.1 Å². The van der Waals surface area contributed by atoms with Gasteiger partial charge in [0.1, 0.15) is 5.75 Å². The predicted molar refractivity (Wildman–Crippen MR) is 85.4 cm³/mol. The van der Waals surface area contributed by atoms with Crippen molar-refractivity contribution in [1.29, 1.82) is 0 Å². The lowest BCUT2D eigenvalue weighted by Crippen LogP contribution is -2.19. The number of rotatable bonds is 7.